The van der Waals surface area contributed by atoms with Crippen LogP contribution in [-0.4, -0.2) is 36.0 Å². The molecule has 5 heteroatoms. The van der Waals surface area contributed by atoms with Gasteiger partial charge in [0.2, 0.25) is 0 Å². The molecule has 0 bridgehead atoms. The van der Waals surface area contributed by atoms with Gasteiger partial charge in [0.05, 0.1) is 12.0 Å². The number of likely N-dealkylation sites (tertiary alicyclic amines) is 1. The number of carbonyl (C=O) groups is 2. The summed E-state index contributed by atoms with van der Waals surface area (Å²) < 4.78 is 0. The van der Waals surface area contributed by atoms with Crippen LogP contribution in [0.5, 0.6) is 0 Å². The third-order valence-electron chi connectivity index (χ3n) is 3.18. The minimum atomic E-state index is -1.20. The Bertz CT molecular complexity index is 284. The molecule has 1 aliphatic rings. The van der Waals surface area contributed by atoms with E-state index in [0.29, 0.717) is 19.5 Å². The zero-order chi connectivity index (χ0) is 13.5. The van der Waals surface area contributed by atoms with Crippen LogP contribution in [0.3, 0.4) is 0 Å². The van der Waals surface area contributed by atoms with Crippen molar-refractivity contribution in [3.63, 3.8) is 0 Å². The molecule has 1 atom stereocenters. The molecule has 0 aromatic carbocycles. The first-order chi connectivity index (χ1) is 8.50. The molecule has 0 aromatic heterocycles. The molecule has 0 saturated carbocycles. The van der Waals surface area contributed by atoms with Crippen LogP contribution in [0.2, 0.25) is 0 Å². The molecule has 1 fully saturated rings. The zero-order valence-electron chi connectivity index (χ0n) is 11.3. The number of nitrogens with one attached hydrogen (secondary N) is 1. The van der Waals surface area contributed by atoms with Gasteiger partial charge in [-0.3, -0.25) is 0 Å². The van der Waals surface area contributed by atoms with Gasteiger partial charge in [0, 0.05) is 13.1 Å². The van der Waals surface area contributed by atoms with E-state index in [0.717, 1.165) is 25.7 Å². The second kappa shape index (κ2) is 7.24. The largest absolute Gasteiger partial charge is 0.548 e. The Hall–Kier alpha value is -1.26. The zero-order valence-corrected chi connectivity index (χ0v) is 11.3. The number of hydrogen-bond donors (Lipinski definition) is 1. The van der Waals surface area contributed by atoms with Crippen LogP contribution >= 0.6 is 0 Å². The van der Waals surface area contributed by atoms with Gasteiger partial charge in [0.25, 0.3) is 0 Å². The Morgan fingerprint density at radius 3 is 2.17 bits per heavy atom. The number of carbonyl (C=O) groups excluding carboxylic acids is 2. The van der Waals surface area contributed by atoms with Crippen LogP contribution in [0.25, 0.3) is 0 Å². The highest BCUT2D eigenvalue weighted by Crippen LogP contribution is 2.10. The predicted octanol–water partition coefficient (Wildman–Crippen LogP) is 0.737. The number of hydrogen-bond acceptors (Lipinski definition) is 3. The highest BCUT2D eigenvalue weighted by molar-refractivity contribution is 5.81. The minimum absolute atomic E-state index is 0.206. The van der Waals surface area contributed by atoms with Crippen molar-refractivity contribution in [3.05, 3.63) is 0 Å². The van der Waals surface area contributed by atoms with Gasteiger partial charge in [-0.05, 0) is 25.2 Å². The molecule has 1 N–H and O–H groups in total. The highest BCUT2D eigenvalue weighted by Gasteiger charge is 2.20. The van der Waals surface area contributed by atoms with Crippen molar-refractivity contribution in [2.45, 2.75) is 52.0 Å². The molecule has 0 aliphatic carbocycles. The average molecular weight is 255 g/mol. The van der Waals surface area contributed by atoms with E-state index in [1.807, 2.05) is 13.8 Å². The van der Waals surface area contributed by atoms with E-state index < -0.39 is 12.0 Å². The maximum absolute atomic E-state index is 12.0. The molecule has 104 valence electrons. The molecular formula is C13H23N2O3-. The van der Waals surface area contributed by atoms with Crippen LogP contribution in [-0.2, 0) is 4.79 Å². The van der Waals surface area contributed by atoms with Gasteiger partial charge in [-0.2, -0.15) is 0 Å². The summed E-state index contributed by atoms with van der Waals surface area (Å²) in [6.45, 7) is 5.28. The molecule has 1 saturated heterocycles. The van der Waals surface area contributed by atoms with Crippen molar-refractivity contribution in [2.24, 2.45) is 5.92 Å². The molecule has 0 spiro atoms. The monoisotopic (exact) mass is 255 g/mol. The smallest absolute Gasteiger partial charge is 0.317 e. The quantitative estimate of drug-likeness (QED) is 0.805. The summed E-state index contributed by atoms with van der Waals surface area (Å²) in [4.78, 5) is 24.7. The molecule has 1 heterocycles. The Labute approximate surface area is 109 Å². The number of urea groups is 1. The van der Waals surface area contributed by atoms with Crippen molar-refractivity contribution in [1.29, 1.82) is 0 Å². The number of carboxylic acid groups (broad SMARTS) is 1. The first-order valence-corrected chi connectivity index (χ1v) is 6.77. The fraction of sp³-hybridized carbons (Fsp3) is 0.846. The molecule has 18 heavy (non-hydrogen) atoms. The fourth-order valence-electron chi connectivity index (χ4n) is 2.20. The lowest BCUT2D eigenvalue weighted by molar-refractivity contribution is -0.308. The van der Waals surface area contributed by atoms with Gasteiger partial charge in [0.1, 0.15) is 0 Å². The number of carboxylic acids is 1. The number of nitrogens with zero attached hydrogens (tertiary/aromatic N) is 1. The van der Waals surface area contributed by atoms with Crippen molar-refractivity contribution in [3.8, 4) is 0 Å². The SMILES string of the molecule is CC(C)C[C@H](NC(=O)N1CCCCCC1)C(=O)[O-]. The van der Waals surface area contributed by atoms with Crippen LogP contribution in [0.1, 0.15) is 46.0 Å². The van der Waals surface area contributed by atoms with Crippen LogP contribution < -0.4 is 10.4 Å². The van der Waals surface area contributed by atoms with E-state index in [9.17, 15) is 14.7 Å². The van der Waals surface area contributed by atoms with Gasteiger partial charge in [0.15, 0.2) is 0 Å². The maximum atomic E-state index is 12.0. The Morgan fingerprint density at radius 2 is 1.72 bits per heavy atom. The lowest BCUT2D eigenvalue weighted by Gasteiger charge is -2.26. The van der Waals surface area contributed by atoms with Crippen molar-refractivity contribution < 1.29 is 14.7 Å². The Balaban J connectivity index is 2.51. The summed E-state index contributed by atoms with van der Waals surface area (Å²) in [6.07, 6.45) is 4.67. The summed E-state index contributed by atoms with van der Waals surface area (Å²) >= 11 is 0. The van der Waals surface area contributed by atoms with Crippen molar-refractivity contribution in [2.75, 3.05) is 13.1 Å². The summed E-state index contributed by atoms with van der Waals surface area (Å²) in [6, 6.07) is -1.16. The van der Waals surface area contributed by atoms with E-state index in [2.05, 4.69) is 5.32 Å². The molecule has 1 aliphatic heterocycles. The summed E-state index contributed by atoms with van der Waals surface area (Å²) in [5.74, 6) is -0.996. The van der Waals surface area contributed by atoms with E-state index in [-0.39, 0.29) is 11.9 Å². The summed E-state index contributed by atoms with van der Waals surface area (Å²) in [5, 5.41) is 13.5. The Morgan fingerprint density at radius 1 is 1.17 bits per heavy atom. The maximum Gasteiger partial charge on any atom is 0.317 e. The topological polar surface area (TPSA) is 72.5 Å². The van der Waals surface area contributed by atoms with Gasteiger partial charge in [-0.1, -0.05) is 26.7 Å². The standard InChI is InChI=1S/C13H24N2O3/c1-10(2)9-11(12(16)17)14-13(18)15-7-5-3-4-6-8-15/h10-11H,3-9H2,1-2H3,(H,14,18)(H,16,17)/p-1/t11-/m0/s1. The van der Waals surface area contributed by atoms with Crippen molar-refractivity contribution >= 4 is 12.0 Å². The molecule has 5 nitrogen and oxygen atoms in total. The fourth-order valence-corrected chi connectivity index (χ4v) is 2.20. The van der Waals surface area contributed by atoms with Gasteiger partial charge >= 0.3 is 6.03 Å². The molecule has 0 radical (unpaired) electrons. The minimum Gasteiger partial charge on any atom is -0.548 e. The van der Waals surface area contributed by atoms with Crippen LogP contribution in [0.15, 0.2) is 0 Å². The van der Waals surface area contributed by atoms with Crippen molar-refractivity contribution in [1.82, 2.24) is 10.2 Å². The van der Waals surface area contributed by atoms with E-state index in [1.54, 1.807) is 4.90 Å². The third kappa shape index (κ3) is 4.94. The Kier molecular flexibility index (Phi) is 5.95. The molecule has 0 unspecified atom stereocenters. The predicted molar refractivity (Wildman–Crippen MR) is 66.8 cm³/mol. The second-order valence-electron chi connectivity index (χ2n) is 5.35. The van der Waals surface area contributed by atoms with Crippen LogP contribution in [0, 0.1) is 5.92 Å². The summed E-state index contributed by atoms with van der Waals surface area (Å²) in [7, 11) is 0. The van der Waals surface area contributed by atoms with Gasteiger partial charge in [-0.25, -0.2) is 4.79 Å². The average Bonchev–Trinajstić information content (AvgIpc) is 2.55. The van der Waals surface area contributed by atoms with E-state index >= 15 is 0 Å². The lowest BCUT2D eigenvalue weighted by atomic mass is 10.0. The molecular weight excluding hydrogens is 232 g/mol. The van der Waals surface area contributed by atoms with Gasteiger partial charge in [-0.15, -0.1) is 0 Å². The van der Waals surface area contributed by atoms with Gasteiger partial charge < -0.3 is 20.1 Å². The second-order valence-corrected chi connectivity index (χ2v) is 5.35. The van der Waals surface area contributed by atoms with Crippen LogP contribution in [0.4, 0.5) is 4.79 Å². The summed E-state index contributed by atoms with van der Waals surface area (Å²) in [5.41, 5.74) is 0. The molecule has 2 amide bonds. The number of amides is 2. The first kappa shape index (κ1) is 14.8. The lowest BCUT2D eigenvalue weighted by Crippen LogP contribution is -2.52. The first-order valence-electron chi connectivity index (χ1n) is 6.77. The van der Waals surface area contributed by atoms with E-state index in [1.165, 1.54) is 0 Å². The number of aliphatic carboxylic acids is 1. The van der Waals surface area contributed by atoms with E-state index in [4.69, 9.17) is 0 Å². The molecule has 1 rings (SSSR count). The number of rotatable bonds is 4. The highest BCUT2D eigenvalue weighted by atomic mass is 16.4. The third-order valence-corrected chi connectivity index (χ3v) is 3.18. The normalized spacial score (nSPS) is 18.3. The molecule has 0 aromatic rings.